The molecule has 0 aliphatic rings. The zero-order chi connectivity index (χ0) is 13.7. The lowest BCUT2D eigenvalue weighted by Gasteiger charge is -2.02. The summed E-state index contributed by atoms with van der Waals surface area (Å²) in [6.07, 6.45) is 0. The van der Waals surface area contributed by atoms with Crippen molar-refractivity contribution in [2.75, 3.05) is 7.11 Å². The molecule has 6 heteroatoms. The topological polar surface area (TPSA) is 77.3 Å². The van der Waals surface area contributed by atoms with Crippen LogP contribution in [0.1, 0.15) is 18.3 Å². The molecule has 0 aliphatic carbocycles. The Morgan fingerprint density at radius 1 is 1.37 bits per heavy atom. The van der Waals surface area contributed by atoms with E-state index in [9.17, 15) is 4.79 Å². The lowest BCUT2D eigenvalue weighted by Crippen LogP contribution is -2.18. The molecular weight excluding hydrogens is 246 g/mol. The van der Waals surface area contributed by atoms with Crippen molar-refractivity contribution < 1.29 is 14.1 Å². The van der Waals surface area contributed by atoms with Crippen molar-refractivity contribution in [3.05, 3.63) is 35.7 Å². The first-order valence-corrected chi connectivity index (χ1v) is 5.84. The summed E-state index contributed by atoms with van der Waals surface area (Å²) in [4.78, 5) is 15.0. The summed E-state index contributed by atoms with van der Waals surface area (Å²) in [7, 11) is 1.58. The molecule has 0 bridgehead atoms. The Morgan fingerprint density at radius 2 is 2.11 bits per heavy atom. The highest BCUT2D eigenvalue weighted by atomic mass is 16.5. The molecule has 100 valence electrons. The van der Waals surface area contributed by atoms with E-state index in [2.05, 4.69) is 15.5 Å². The van der Waals surface area contributed by atoms with Gasteiger partial charge in [-0.3, -0.25) is 4.79 Å². The number of hydrogen-bond donors (Lipinski definition) is 1. The van der Waals surface area contributed by atoms with E-state index in [-0.39, 0.29) is 5.91 Å². The van der Waals surface area contributed by atoms with Crippen LogP contribution in [-0.2, 0) is 22.7 Å². The largest absolute Gasteiger partial charge is 0.377 e. The maximum Gasteiger partial charge on any atom is 0.258 e. The fourth-order valence-electron chi connectivity index (χ4n) is 1.55. The predicted molar refractivity (Wildman–Crippen MR) is 68.0 cm³/mol. The Labute approximate surface area is 110 Å². The molecule has 2 aromatic rings. The molecule has 0 atom stereocenters. The number of hydrogen-bond acceptors (Lipinski definition) is 5. The van der Waals surface area contributed by atoms with Gasteiger partial charge in [-0.25, -0.2) is 0 Å². The van der Waals surface area contributed by atoms with Crippen molar-refractivity contribution in [2.24, 2.45) is 0 Å². The molecular formula is C13H15N3O3. The number of aromatic nitrogens is 2. The average Bonchev–Trinajstić information content (AvgIpc) is 2.86. The van der Waals surface area contributed by atoms with Crippen LogP contribution in [-0.4, -0.2) is 23.2 Å². The highest BCUT2D eigenvalue weighted by Gasteiger charge is 2.08. The minimum atomic E-state index is -0.0508. The van der Waals surface area contributed by atoms with E-state index in [0.29, 0.717) is 24.9 Å². The van der Waals surface area contributed by atoms with Crippen LogP contribution in [0.3, 0.4) is 0 Å². The molecule has 1 aromatic heterocycles. The van der Waals surface area contributed by atoms with E-state index >= 15 is 0 Å². The van der Waals surface area contributed by atoms with Crippen LogP contribution in [0.15, 0.2) is 28.8 Å². The number of benzene rings is 1. The molecule has 0 spiro atoms. The van der Waals surface area contributed by atoms with Crippen LogP contribution in [0.4, 0.5) is 0 Å². The molecule has 0 radical (unpaired) electrons. The van der Waals surface area contributed by atoms with E-state index < -0.39 is 0 Å². The third kappa shape index (κ3) is 3.62. The minimum Gasteiger partial charge on any atom is -0.377 e. The van der Waals surface area contributed by atoms with Gasteiger partial charge in [-0.05, 0) is 17.7 Å². The van der Waals surface area contributed by atoms with Crippen molar-refractivity contribution in [3.63, 3.8) is 0 Å². The van der Waals surface area contributed by atoms with E-state index in [1.54, 1.807) is 7.11 Å². The predicted octanol–water partition coefficient (Wildman–Crippen LogP) is 1.52. The molecule has 1 N–H and O–H groups in total. The SMILES string of the molecule is COCc1noc(-c2ccc(CNC(C)=O)cc2)n1. The van der Waals surface area contributed by atoms with Crippen molar-refractivity contribution in [1.82, 2.24) is 15.5 Å². The fraction of sp³-hybridized carbons (Fsp3) is 0.308. The van der Waals surface area contributed by atoms with Gasteiger partial charge < -0.3 is 14.6 Å². The maximum atomic E-state index is 10.8. The summed E-state index contributed by atoms with van der Waals surface area (Å²) in [5.74, 6) is 0.920. The molecule has 19 heavy (non-hydrogen) atoms. The van der Waals surface area contributed by atoms with Crippen LogP contribution >= 0.6 is 0 Å². The monoisotopic (exact) mass is 261 g/mol. The minimum absolute atomic E-state index is 0.0508. The Hall–Kier alpha value is -2.21. The maximum absolute atomic E-state index is 10.8. The van der Waals surface area contributed by atoms with Gasteiger partial charge in [-0.15, -0.1) is 0 Å². The molecule has 1 aromatic carbocycles. The average molecular weight is 261 g/mol. The number of ether oxygens (including phenoxy) is 1. The van der Waals surface area contributed by atoms with Crippen LogP contribution in [0.25, 0.3) is 11.5 Å². The quantitative estimate of drug-likeness (QED) is 0.883. The smallest absolute Gasteiger partial charge is 0.258 e. The fourth-order valence-corrected chi connectivity index (χ4v) is 1.55. The third-order valence-electron chi connectivity index (χ3n) is 2.48. The summed E-state index contributed by atoms with van der Waals surface area (Å²) in [6, 6.07) is 7.57. The van der Waals surface area contributed by atoms with Gasteiger partial charge in [0.1, 0.15) is 6.61 Å². The second-order valence-corrected chi connectivity index (χ2v) is 4.06. The summed E-state index contributed by atoms with van der Waals surface area (Å²) in [5.41, 5.74) is 1.84. The number of amides is 1. The highest BCUT2D eigenvalue weighted by Crippen LogP contribution is 2.17. The third-order valence-corrected chi connectivity index (χ3v) is 2.48. The number of carbonyl (C=O) groups is 1. The van der Waals surface area contributed by atoms with Gasteiger partial charge in [0.05, 0.1) is 0 Å². The second-order valence-electron chi connectivity index (χ2n) is 4.06. The number of rotatable bonds is 5. The highest BCUT2D eigenvalue weighted by molar-refractivity contribution is 5.72. The van der Waals surface area contributed by atoms with Crippen molar-refractivity contribution in [3.8, 4) is 11.5 Å². The van der Waals surface area contributed by atoms with E-state index in [0.717, 1.165) is 11.1 Å². The first kappa shape index (κ1) is 13.2. The standard InChI is InChI=1S/C13H15N3O3/c1-9(17)14-7-10-3-5-11(6-4-10)13-15-12(8-18-2)16-19-13/h3-6H,7-8H2,1-2H3,(H,14,17). The van der Waals surface area contributed by atoms with Crippen LogP contribution < -0.4 is 5.32 Å². The number of methoxy groups -OCH3 is 1. The number of nitrogens with one attached hydrogen (secondary N) is 1. The molecule has 0 saturated carbocycles. The lowest BCUT2D eigenvalue weighted by molar-refractivity contribution is -0.119. The van der Waals surface area contributed by atoms with E-state index in [4.69, 9.17) is 9.26 Å². The molecule has 1 heterocycles. The lowest BCUT2D eigenvalue weighted by atomic mass is 10.1. The van der Waals surface area contributed by atoms with E-state index in [1.807, 2.05) is 24.3 Å². The number of nitrogens with zero attached hydrogens (tertiary/aromatic N) is 2. The van der Waals surface area contributed by atoms with Gasteiger partial charge >= 0.3 is 0 Å². The summed E-state index contributed by atoms with van der Waals surface area (Å²) in [6.45, 7) is 2.32. The Kier molecular flexibility index (Phi) is 4.25. The van der Waals surface area contributed by atoms with Gasteiger partial charge in [0.15, 0.2) is 5.82 Å². The summed E-state index contributed by atoms with van der Waals surface area (Å²) < 4.78 is 10.1. The second kappa shape index (κ2) is 6.10. The molecule has 0 fully saturated rings. The van der Waals surface area contributed by atoms with Gasteiger partial charge in [0, 0.05) is 26.1 Å². The Morgan fingerprint density at radius 3 is 2.74 bits per heavy atom. The van der Waals surface area contributed by atoms with Gasteiger partial charge in [0.2, 0.25) is 5.91 Å². The zero-order valence-electron chi connectivity index (χ0n) is 10.8. The molecule has 0 unspecified atom stereocenters. The van der Waals surface area contributed by atoms with E-state index in [1.165, 1.54) is 6.92 Å². The Bertz CT molecular complexity index is 549. The van der Waals surface area contributed by atoms with Crippen molar-refractivity contribution in [2.45, 2.75) is 20.1 Å². The first-order chi connectivity index (χ1) is 9.19. The zero-order valence-corrected chi connectivity index (χ0v) is 10.8. The van der Waals surface area contributed by atoms with Gasteiger partial charge in [-0.1, -0.05) is 17.3 Å². The molecule has 0 aliphatic heterocycles. The summed E-state index contributed by atoms with van der Waals surface area (Å²) >= 11 is 0. The van der Waals surface area contributed by atoms with Crippen molar-refractivity contribution in [1.29, 1.82) is 0 Å². The summed E-state index contributed by atoms with van der Waals surface area (Å²) in [5, 5.41) is 6.53. The van der Waals surface area contributed by atoms with Crippen LogP contribution in [0.2, 0.25) is 0 Å². The van der Waals surface area contributed by atoms with Crippen LogP contribution in [0, 0.1) is 0 Å². The van der Waals surface area contributed by atoms with Gasteiger partial charge in [-0.2, -0.15) is 4.98 Å². The van der Waals surface area contributed by atoms with Crippen LogP contribution in [0.5, 0.6) is 0 Å². The van der Waals surface area contributed by atoms with Gasteiger partial charge in [0.25, 0.3) is 5.89 Å². The van der Waals surface area contributed by atoms with Crippen molar-refractivity contribution >= 4 is 5.91 Å². The molecule has 1 amide bonds. The molecule has 0 saturated heterocycles. The molecule has 6 nitrogen and oxygen atoms in total. The normalized spacial score (nSPS) is 10.4. The number of carbonyl (C=O) groups excluding carboxylic acids is 1. The first-order valence-electron chi connectivity index (χ1n) is 5.84. The Balaban J connectivity index is 2.06. The molecule has 2 rings (SSSR count).